The van der Waals surface area contributed by atoms with Gasteiger partial charge in [-0.1, -0.05) is 26.3 Å². The van der Waals surface area contributed by atoms with E-state index in [1.807, 2.05) is 36.3 Å². The van der Waals surface area contributed by atoms with Crippen LogP contribution in [0.3, 0.4) is 0 Å². The number of hydrogen-bond donors (Lipinski definition) is 1. The molecule has 1 fully saturated rings. The highest BCUT2D eigenvalue weighted by Crippen LogP contribution is 2.31. The zero-order valence-electron chi connectivity index (χ0n) is 20.9. The van der Waals surface area contributed by atoms with E-state index in [1.165, 1.54) is 0 Å². The number of carboxylic acid groups (broad SMARTS) is 1. The Labute approximate surface area is 206 Å². The predicted octanol–water partition coefficient (Wildman–Crippen LogP) is 3.90. The topological polar surface area (TPSA) is 93.2 Å². The van der Waals surface area contributed by atoms with Crippen LogP contribution in [0.2, 0.25) is 0 Å². The summed E-state index contributed by atoms with van der Waals surface area (Å²) in [5, 5.41) is 13.7. The molecule has 1 aliphatic rings. The third kappa shape index (κ3) is 5.63. The van der Waals surface area contributed by atoms with Crippen LogP contribution in [0.4, 0.5) is 5.69 Å². The lowest BCUT2D eigenvalue weighted by Gasteiger charge is -2.34. The lowest BCUT2D eigenvalue weighted by molar-refractivity contribution is -0.138. The summed E-state index contributed by atoms with van der Waals surface area (Å²) in [4.78, 5) is 31.1. The Morgan fingerprint density at radius 3 is 2.77 bits per heavy atom. The highest BCUT2D eigenvalue weighted by molar-refractivity contribution is 5.68. The number of hydrogen-bond acceptors (Lipinski definition) is 5. The molecule has 0 spiro atoms. The molecule has 1 saturated heterocycles. The van der Waals surface area contributed by atoms with E-state index in [0.29, 0.717) is 6.54 Å². The zero-order valence-corrected chi connectivity index (χ0v) is 20.9. The maximum atomic E-state index is 12.5. The summed E-state index contributed by atoms with van der Waals surface area (Å²) < 4.78 is 3.56. The fourth-order valence-corrected chi connectivity index (χ4v) is 5.06. The van der Waals surface area contributed by atoms with E-state index >= 15 is 0 Å². The number of carboxylic acids is 1. The van der Waals surface area contributed by atoms with Crippen LogP contribution < -0.4 is 10.5 Å². The van der Waals surface area contributed by atoms with Gasteiger partial charge in [-0.15, -0.1) is 0 Å². The van der Waals surface area contributed by atoms with Gasteiger partial charge in [-0.25, -0.2) is 0 Å². The molecule has 0 saturated carbocycles. The number of nitrogens with zero attached hydrogens (tertiary/aromatic N) is 5. The van der Waals surface area contributed by atoms with Gasteiger partial charge in [0.2, 0.25) is 0 Å². The van der Waals surface area contributed by atoms with Crippen LogP contribution in [-0.4, -0.2) is 43.5 Å². The average Bonchev–Trinajstić information content (AvgIpc) is 3.20. The summed E-state index contributed by atoms with van der Waals surface area (Å²) in [5.41, 5.74) is 5.89. The van der Waals surface area contributed by atoms with E-state index in [1.54, 1.807) is 10.6 Å². The second kappa shape index (κ2) is 10.9. The third-order valence-electron chi connectivity index (χ3n) is 6.85. The normalized spacial score (nSPS) is 16.0. The summed E-state index contributed by atoms with van der Waals surface area (Å²) in [6, 6.07) is 7.67. The van der Waals surface area contributed by atoms with Crippen molar-refractivity contribution in [3.8, 4) is 11.3 Å². The van der Waals surface area contributed by atoms with Crippen molar-refractivity contribution < 1.29 is 9.90 Å². The van der Waals surface area contributed by atoms with Gasteiger partial charge >= 0.3 is 5.97 Å². The predicted molar refractivity (Wildman–Crippen MR) is 137 cm³/mol. The maximum absolute atomic E-state index is 12.5. The van der Waals surface area contributed by atoms with Crippen LogP contribution >= 0.6 is 0 Å². The van der Waals surface area contributed by atoms with Crippen molar-refractivity contribution in [2.45, 2.75) is 58.9 Å². The molecule has 3 aromatic rings. The molecule has 4 heterocycles. The molecule has 0 radical (unpaired) electrons. The molecule has 8 heteroatoms. The number of anilines is 1. The average molecular weight is 478 g/mol. The van der Waals surface area contributed by atoms with Gasteiger partial charge in [-0.3, -0.25) is 19.3 Å². The quantitative estimate of drug-likeness (QED) is 0.502. The van der Waals surface area contributed by atoms with Gasteiger partial charge in [-0.05, 0) is 49.3 Å². The second-order valence-electron chi connectivity index (χ2n) is 9.45. The molecule has 1 atom stereocenters. The first-order valence-electron chi connectivity index (χ1n) is 12.6. The molecular formula is C27H35N5O3. The van der Waals surface area contributed by atoms with Crippen molar-refractivity contribution >= 4 is 11.7 Å². The Morgan fingerprint density at radius 2 is 2.03 bits per heavy atom. The van der Waals surface area contributed by atoms with Crippen molar-refractivity contribution in [3.63, 3.8) is 0 Å². The van der Waals surface area contributed by atoms with Crippen LogP contribution in [-0.2, 0) is 31.2 Å². The van der Waals surface area contributed by atoms with E-state index < -0.39 is 5.97 Å². The molecule has 4 rings (SSSR count). The number of aromatic nitrogens is 4. The van der Waals surface area contributed by atoms with E-state index in [4.69, 9.17) is 4.98 Å². The molecule has 0 bridgehead atoms. The van der Waals surface area contributed by atoms with E-state index in [9.17, 15) is 14.7 Å². The van der Waals surface area contributed by atoms with Crippen molar-refractivity contribution in [2.24, 2.45) is 13.0 Å². The fraction of sp³-hybridized carbons (Fsp3) is 0.481. The highest BCUT2D eigenvalue weighted by Gasteiger charge is 2.24. The van der Waals surface area contributed by atoms with Gasteiger partial charge in [0, 0.05) is 44.4 Å². The summed E-state index contributed by atoms with van der Waals surface area (Å²) in [6.07, 6.45) is 8.65. The van der Waals surface area contributed by atoms with Gasteiger partial charge in [0.05, 0.1) is 35.5 Å². The number of piperidine rings is 1. The molecule has 186 valence electrons. The summed E-state index contributed by atoms with van der Waals surface area (Å²) in [5.74, 6) is -0.568. The van der Waals surface area contributed by atoms with Crippen LogP contribution in [0, 0.1) is 5.92 Å². The van der Waals surface area contributed by atoms with Crippen LogP contribution in [0.15, 0.2) is 41.5 Å². The largest absolute Gasteiger partial charge is 0.481 e. The standard InChI is InChI=1S/C27H35N5O3/c1-4-7-19-9-12-26(33)32(16-19)18-25-21(15-28-30(25)3)23-10-11-24(22(5-2)29-23)31-13-6-8-20(17-31)14-27(34)35/h9-12,15-16,20H,4-8,13-14,17-18H2,1-3H3,(H,34,35)/t20-/m1/s1. The van der Waals surface area contributed by atoms with Gasteiger partial charge in [0.25, 0.3) is 5.56 Å². The first kappa shape index (κ1) is 24.7. The number of aryl methyl sites for hydroxylation is 3. The van der Waals surface area contributed by atoms with Gasteiger partial charge in [0.1, 0.15) is 0 Å². The van der Waals surface area contributed by atoms with Crippen LogP contribution in [0.1, 0.15) is 56.5 Å². The fourth-order valence-electron chi connectivity index (χ4n) is 5.06. The van der Waals surface area contributed by atoms with E-state index in [0.717, 1.165) is 79.1 Å². The first-order chi connectivity index (χ1) is 16.9. The monoisotopic (exact) mass is 477 g/mol. The molecule has 3 aromatic heterocycles. The lowest BCUT2D eigenvalue weighted by atomic mass is 9.94. The number of aliphatic carboxylic acids is 1. The number of rotatable bonds is 9. The minimum absolute atomic E-state index is 0.0319. The Morgan fingerprint density at radius 1 is 1.20 bits per heavy atom. The van der Waals surface area contributed by atoms with Gasteiger partial charge in [0.15, 0.2) is 0 Å². The maximum Gasteiger partial charge on any atom is 0.303 e. The smallest absolute Gasteiger partial charge is 0.303 e. The first-order valence-corrected chi connectivity index (χ1v) is 12.6. The summed E-state index contributed by atoms with van der Waals surface area (Å²) in [7, 11) is 1.89. The minimum atomic E-state index is -0.732. The third-order valence-corrected chi connectivity index (χ3v) is 6.85. The Hall–Kier alpha value is -3.42. The van der Waals surface area contributed by atoms with Crippen LogP contribution in [0.5, 0.6) is 0 Å². The van der Waals surface area contributed by atoms with Crippen molar-refractivity contribution in [1.29, 1.82) is 0 Å². The molecule has 0 amide bonds. The highest BCUT2D eigenvalue weighted by atomic mass is 16.4. The van der Waals surface area contributed by atoms with Gasteiger partial charge in [-0.2, -0.15) is 5.10 Å². The lowest BCUT2D eigenvalue weighted by Crippen LogP contribution is -2.37. The Balaban J connectivity index is 1.63. The Bertz CT molecular complexity index is 1250. The molecule has 0 aliphatic carbocycles. The van der Waals surface area contributed by atoms with E-state index in [-0.39, 0.29) is 17.9 Å². The molecule has 35 heavy (non-hydrogen) atoms. The number of carbonyl (C=O) groups is 1. The molecular weight excluding hydrogens is 442 g/mol. The van der Waals surface area contributed by atoms with E-state index in [2.05, 4.69) is 29.9 Å². The molecule has 1 aliphatic heterocycles. The molecule has 0 unspecified atom stereocenters. The number of pyridine rings is 2. The van der Waals surface area contributed by atoms with Gasteiger partial charge < -0.3 is 14.6 Å². The Kier molecular flexibility index (Phi) is 7.68. The zero-order chi connectivity index (χ0) is 24.9. The van der Waals surface area contributed by atoms with Crippen molar-refractivity contribution in [2.75, 3.05) is 18.0 Å². The second-order valence-corrected chi connectivity index (χ2v) is 9.45. The van der Waals surface area contributed by atoms with Crippen molar-refractivity contribution in [3.05, 3.63) is 64.0 Å². The SMILES string of the molecule is CCCc1ccc(=O)n(Cc2c(-c3ccc(N4CCC[C@H](CC(=O)O)C4)c(CC)n3)cnn2C)c1. The van der Waals surface area contributed by atoms with Crippen molar-refractivity contribution in [1.82, 2.24) is 19.3 Å². The molecule has 0 aromatic carbocycles. The molecule has 8 nitrogen and oxygen atoms in total. The molecule has 1 N–H and O–H groups in total. The summed E-state index contributed by atoms with van der Waals surface area (Å²) >= 11 is 0. The van der Waals surface area contributed by atoms with Crippen LogP contribution in [0.25, 0.3) is 11.3 Å². The summed E-state index contributed by atoms with van der Waals surface area (Å²) in [6.45, 7) is 6.31. The minimum Gasteiger partial charge on any atom is -0.481 e.